The van der Waals surface area contributed by atoms with E-state index in [1.54, 1.807) is 18.3 Å². The molecule has 0 unspecified atom stereocenters. The Morgan fingerprint density at radius 1 is 0.889 bits per heavy atom. The number of pyridine rings is 1. The molecular formula is C29H26N5O2+. The van der Waals surface area contributed by atoms with Gasteiger partial charge in [-0.25, -0.2) is 4.57 Å². The molecule has 7 nitrogen and oxygen atoms in total. The molecule has 178 valence electrons. The zero-order valence-electron chi connectivity index (χ0n) is 20.1. The van der Waals surface area contributed by atoms with E-state index in [2.05, 4.69) is 76.6 Å². The molecule has 2 aromatic heterocycles. The number of anilines is 1. The molecular weight excluding hydrogens is 450 g/mol. The van der Waals surface area contributed by atoms with Gasteiger partial charge >= 0.3 is 0 Å². The van der Waals surface area contributed by atoms with E-state index in [1.807, 2.05) is 30.1 Å². The van der Waals surface area contributed by atoms with Crippen molar-refractivity contribution in [3.63, 3.8) is 0 Å². The van der Waals surface area contributed by atoms with Gasteiger partial charge in [0.2, 0.25) is 0 Å². The minimum Gasteiger partial charge on any atom is -0.341 e. The second-order valence-electron chi connectivity index (χ2n) is 8.60. The first-order valence-electron chi connectivity index (χ1n) is 11.7. The van der Waals surface area contributed by atoms with Gasteiger partial charge in [-0.3, -0.25) is 15.5 Å². The number of non-ortho nitro benzene ring substituents is 1. The Morgan fingerprint density at radius 3 is 2.14 bits per heavy atom. The molecule has 0 saturated heterocycles. The van der Waals surface area contributed by atoms with Gasteiger partial charge < -0.3 is 4.57 Å². The number of nitrogens with one attached hydrogen (secondary N) is 1. The molecule has 36 heavy (non-hydrogen) atoms. The lowest BCUT2D eigenvalue weighted by Crippen LogP contribution is -2.25. The fraction of sp³-hybridized carbons (Fsp3) is 0.103. The summed E-state index contributed by atoms with van der Waals surface area (Å²) < 4.78 is 4.34. The van der Waals surface area contributed by atoms with Crippen LogP contribution in [0.5, 0.6) is 0 Å². The highest BCUT2D eigenvalue weighted by Gasteiger charge is 2.10. The lowest BCUT2D eigenvalue weighted by molar-refractivity contribution is -0.671. The topological polar surface area (TPSA) is 76.3 Å². The smallest absolute Gasteiger partial charge is 0.269 e. The fourth-order valence-electron chi connectivity index (χ4n) is 4.32. The maximum Gasteiger partial charge on any atom is 0.269 e. The Bertz CT molecular complexity index is 1610. The molecule has 0 saturated carbocycles. The number of benzene rings is 3. The van der Waals surface area contributed by atoms with E-state index >= 15 is 0 Å². The van der Waals surface area contributed by atoms with Crippen molar-refractivity contribution in [3.8, 4) is 0 Å². The van der Waals surface area contributed by atoms with Crippen molar-refractivity contribution >= 4 is 51.5 Å². The molecule has 0 spiro atoms. The Labute approximate surface area is 208 Å². The van der Waals surface area contributed by atoms with Gasteiger partial charge in [-0.05, 0) is 60.0 Å². The summed E-state index contributed by atoms with van der Waals surface area (Å²) >= 11 is 0. The molecule has 7 heteroatoms. The van der Waals surface area contributed by atoms with Gasteiger partial charge in [0.1, 0.15) is 7.05 Å². The highest BCUT2D eigenvalue weighted by molar-refractivity contribution is 6.10. The third-order valence-electron chi connectivity index (χ3n) is 6.19. The minimum absolute atomic E-state index is 0.0504. The maximum absolute atomic E-state index is 10.8. The number of aryl methyl sites for hydroxylation is 2. The average Bonchev–Trinajstić information content (AvgIpc) is 3.21. The van der Waals surface area contributed by atoms with Gasteiger partial charge in [0.15, 0.2) is 12.4 Å². The van der Waals surface area contributed by atoms with Crippen LogP contribution in [-0.4, -0.2) is 15.7 Å². The van der Waals surface area contributed by atoms with Gasteiger partial charge in [0, 0.05) is 52.6 Å². The third kappa shape index (κ3) is 4.72. The highest BCUT2D eigenvalue weighted by Crippen LogP contribution is 2.31. The van der Waals surface area contributed by atoms with Gasteiger partial charge in [-0.1, -0.05) is 24.3 Å². The summed E-state index contributed by atoms with van der Waals surface area (Å²) in [5.41, 5.74) is 9.32. The number of hydrazone groups is 1. The lowest BCUT2D eigenvalue weighted by Gasteiger charge is -2.03. The van der Waals surface area contributed by atoms with Gasteiger partial charge in [0.25, 0.3) is 5.69 Å². The van der Waals surface area contributed by atoms with Gasteiger partial charge in [-0.2, -0.15) is 5.10 Å². The third-order valence-corrected chi connectivity index (χ3v) is 6.19. The van der Waals surface area contributed by atoms with Crippen molar-refractivity contribution in [2.45, 2.75) is 13.5 Å². The Balaban J connectivity index is 1.44. The van der Waals surface area contributed by atoms with Crippen LogP contribution in [-0.2, 0) is 13.6 Å². The summed E-state index contributed by atoms with van der Waals surface area (Å²) in [7, 11) is 2.01. The van der Waals surface area contributed by atoms with E-state index in [-0.39, 0.29) is 5.69 Å². The van der Waals surface area contributed by atoms with Gasteiger partial charge in [0.05, 0.1) is 16.8 Å². The van der Waals surface area contributed by atoms with E-state index in [9.17, 15) is 10.1 Å². The molecule has 2 heterocycles. The first kappa shape index (κ1) is 23.0. The molecule has 0 aliphatic heterocycles. The van der Waals surface area contributed by atoms with Crippen LogP contribution in [0.25, 0.3) is 34.0 Å². The van der Waals surface area contributed by atoms with Crippen LogP contribution in [0.15, 0.2) is 90.3 Å². The summed E-state index contributed by atoms with van der Waals surface area (Å²) in [4.78, 5) is 10.4. The van der Waals surface area contributed by atoms with Crippen LogP contribution in [0.3, 0.4) is 0 Å². The second-order valence-corrected chi connectivity index (χ2v) is 8.60. The molecule has 1 N–H and O–H groups in total. The number of rotatable bonds is 7. The Hall–Kier alpha value is -4.78. The van der Waals surface area contributed by atoms with Crippen molar-refractivity contribution in [2.75, 3.05) is 5.43 Å². The Morgan fingerprint density at radius 2 is 1.50 bits per heavy atom. The molecule has 5 rings (SSSR count). The molecule has 0 amide bonds. The average molecular weight is 477 g/mol. The molecule has 0 bridgehead atoms. The molecule has 0 aliphatic carbocycles. The summed E-state index contributed by atoms with van der Waals surface area (Å²) in [6.45, 7) is 3.04. The Kier molecular flexibility index (Phi) is 6.28. The SMILES string of the molecule is CCn1c2ccc(/C=C/c3cc[n+](C)cc3)cc2c2cc(/C=N/Nc3ccc([N+](=O)[O-])cc3)ccc21. The van der Waals surface area contributed by atoms with E-state index in [0.717, 1.165) is 23.2 Å². The number of aromatic nitrogens is 2. The quantitative estimate of drug-likeness (QED) is 0.132. The van der Waals surface area contributed by atoms with Crippen LogP contribution in [0.1, 0.15) is 23.6 Å². The van der Waals surface area contributed by atoms with E-state index in [0.29, 0.717) is 5.69 Å². The maximum atomic E-state index is 10.8. The number of nitrogens with zero attached hydrogens (tertiary/aromatic N) is 4. The number of nitro groups is 1. The summed E-state index contributed by atoms with van der Waals surface area (Å²) in [5, 5.41) is 17.5. The number of fused-ring (bicyclic) bond motifs is 3. The molecule has 0 aliphatic rings. The van der Waals surface area contributed by atoms with Crippen LogP contribution < -0.4 is 9.99 Å². The summed E-state index contributed by atoms with van der Waals surface area (Å²) in [5.74, 6) is 0. The first-order chi connectivity index (χ1) is 17.5. The van der Waals surface area contributed by atoms with Crippen molar-refractivity contribution in [1.82, 2.24) is 4.57 Å². The zero-order valence-corrected chi connectivity index (χ0v) is 20.1. The van der Waals surface area contributed by atoms with E-state index in [4.69, 9.17) is 0 Å². The van der Waals surface area contributed by atoms with Crippen LogP contribution in [0.4, 0.5) is 11.4 Å². The normalized spacial score (nSPS) is 11.7. The highest BCUT2D eigenvalue weighted by atomic mass is 16.6. The van der Waals surface area contributed by atoms with Gasteiger partial charge in [-0.15, -0.1) is 0 Å². The number of nitro benzene ring substituents is 1. The molecule has 3 aromatic carbocycles. The number of hydrogen-bond donors (Lipinski definition) is 1. The predicted octanol–water partition coefficient (Wildman–Crippen LogP) is 6.16. The lowest BCUT2D eigenvalue weighted by atomic mass is 10.1. The summed E-state index contributed by atoms with van der Waals surface area (Å²) in [6, 6.07) is 23.3. The van der Waals surface area contributed by atoms with Crippen LogP contribution in [0.2, 0.25) is 0 Å². The van der Waals surface area contributed by atoms with Crippen molar-refractivity contribution < 1.29 is 9.49 Å². The van der Waals surface area contributed by atoms with Crippen molar-refractivity contribution in [3.05, 3.63) is 112 Å². The molecule has 0 atom stereocenters. The minimum atomic E-state index is -0.419. The van der Waals surface area contributed by atoms with E-state index in [1.165, 1.54) is 33.9 Å². The first-order valence-corrected chi connectivity index (χ1v) is 11.7. The summed E-state index contributed by atoms with van der Waals surface area (Å²) in [6.07, 6.45) is 10.1. The van der Waals surface area contributed by atoms with Crippen molar-refractivity contribution in [2.24, 2.45) is 12.1 Å². The molecule has 0 radical (unpaired) electrons. The van der Waals surface area contributed by atoms with Crippen LogP contribution >= 0.6 is 0 Å². The van der Waals surface area contributed by atoms with Crippen LogP contribution in [0, 0.1) is 10.1 Å². The standard InChI is InChI=1S/C29H26N5O2/c1-3-33-28-12-6-22(5-4-21-14-16-32(2)17-15-21)18-26(28)27-19-23(7-13-29(27)33)20-30-31-24-8-10-25(11-9-24)34(35)36/h4-20,31H,3H2,1-2H3/q+1/b30-20+. The predicted molar refractivity (Wildman–Crippen MR) is 146 cm³/mol. The zero-order chi connectivity index (χ0) is 25.1. The molecule has 0 fully saturated rings. The fourth-order valence-corrected chi connectivity index (χ4v) is 4.32. The second kappa shape index (κ2) is 9.84. The molecule has 5 aromatic rings. The number of hydrogen-bond acceptors (Lipinski definition) is 4. The largest absolute Gasteiger partial charge is 0.341 e. The monoisotopic (exact) mass is 476 g/mol. The van der Waals surface area contributed by atoms with E-state index < -0.39 is 4.92 Å². The van der Waals surface area contributed by atoms with Crippen molar-refractivity contribution in [1.29, 1.82) is 0 Å².